The van der Waals surface area contributed by atoms with Gasteiger partial charge in [0.2, 0.25) is 0 Å². The van der Waals surface area contributed by atoms with Crippen LogP contribution in [-0.4, -0.2) is 0 Å². The van der Waals surface area contributed by atoms with E-state index in [1.54, 1.807) is 0 Å². The molecule has 0 atom stereocenters. The molecule has 0 aliphatic rings. The minimum Gasteiger partial charge on any atom is -0.456 e. The lowest BCUT2D eigenvalue weighted by molar-refractivity contribution is 0.668. The van der Waals surface area contributed by atoms with Gasteiger partial charge in [-0.05, 0) is 70.3 Å². The van der Waals surface area contributed by atoms with Crippen molar-refractivity contribution < 1.29 is 8.83 Å². The first kappa shape index (κ1) is 22.4. The van der Waals surface area contributed by atoms with Crippen LogP contribution in [0.15, 0.2) is 136 Å². The number of nitrogens with zero attached hydrogens (tertiary/aromatic N) is 1. The first-order chi connectivity index (χ1) is 19.8. The molecular formula is C37H21NO2. The summed E-state index contributed by atoms with van der Waals surface area (Å²) in [6.45, 7) is 0. The van der Waals surface area contributed by atoms with E-state index in [-0.39, 0.29) is 0 Å². The summed E-state index contributed by atoms with van der Waals surface area (Å²) in [5.74, 6) is 0. The van der Waals surface area contributed by atoms with Crippen LogP contribution in [0.1, 0.15) is 5.56 Å². The molecule has 2 aromatic heterocycles. The summed E-state index contributed by atoms with van der Waals surface area (Å²) >= 11 is 0. The molecule has 0 aliphatic carbocycles. The van der Waals surface area contributed by atoms with Crippen LogP contribution in [0.25, 0.3) is 77.3 Å². The zero-order valence-electron chi connectivity index (χ0n) is 21.4. The molecule has 0 N–H and O–H groups in total. The summed E-state index contributed by atoms with van der Waals surface area (Å²) in [5, 5.41) is 14.3. The fraction of sp³-hybridized carbons (Fsp3) is 0. The van der Waals surface area contributed by atoms with Gasteiger partial charge < -0.3 is 8.83 Å². The smallest absolute Gasteiger partial charge is 0.136 e. The molecule has 6 aromatic carbocycles. The molecule has 2 heterocycles. The van der Waals surface area contributed by atoms with Crippen LogP contribution < -0.4 is 0 Å². The lowest BCUT2D eigenvalue weighted by Crippen LogP contribution is -1.92. The van der Waals surface area contributed by atoms with E-state index in [0.29, 0.717) is 5.56 Å². The summed E-state index contributed by atoms with van der Waals surface area (Å²) in [5.41, 5.74) is 10.2. The fourth-order valence-electron chi connectivity index (χ4n) is 5.92. The number of nitriles is 1. The Kier molecular flexibility index (Phi) is 4.89. The number of rotatable bonds is 3. The van der Waals surface area contributed by atoms with Gasteiger partial charge in [-0.2, -0.15) is 5.26 Å². The Morgan fingerprint density at radius 3 is 1.85 bits per heavy atom. The van der Waals surface area contributed by atoms with E-state index in [1.165, 1.54) is 0 Å². The summed E-state index contributed by atoms with van der Waals surface area (Å²) in [6.07, 6.45) is 0. The van der Waals surface area contributed by atoms with E-state index in [9.17, 15) is 5.26 Å². The minimum atomic E-state index is 0.641. The summed E-state index contributed by atoms with van der Waals surface area (Å²) in [7, 11) is 0. The van der Waals surface area contributed by atoms with E-state index >= 15 is 0 Å². The van der Waals surface area contributed by atoms with Crippen molar-refractivity contribution in [2.24, 2.45) is 0 Å². The molecule has 0 radical (unpaired) electrons. The van der Waals surface area contributed by atoms with Gasteiger partial charge in [-0.1, -0.05) is 84.9 Å². The Bertz CT molecular complexity index is 2290. The lowest BCUT2D eigenvalue weighted by Gasteiger charge is -2.17. The van der Waals surface area contributed by atoms with Crippen LogP contribution in [0.4, 0.5) is 0 Å². The Hall–Kier alpha value is -5.59. The highest BCUT2D eigenvalue weighted by Crippen LogP contribution is 2.44. The number of furan rings is 2. The quantitative estimate of drug-likeness (QED) is 0.237. The molecule has 3 heteroatoms. The Balaban J connectivity index is 1.43. The topological polar surface area (TPSA) is 50.1 Å². The molecule has 0 spiro atoms. The van der Waals surface area contributed by atoms with E-state index in [2.05, 4.69) is 66.7 Å². The van der Waals surface area contributed by atoms with Crippen LogP contribution in [0.2, 0.25) is 0 Å². The van der Waals surface area contributed by atoms with Gasteiger partial charge >= 0.3 is 0 Å². The molecule has 40 heavy (non-hydrogen) atoms. The van der Waals surface area contributed by atoms with E-state index in [0.717, 1.165) is 77.3 Å². The average Bonchev–Trinajstić information content (AvgIpc) is 3.58. The number of hydrogen-bond donors (Lipinski definition) is 0. The number of fused-ring (bicyclic) bond motifs is 6. The highest BCUT2D eigenvalue weighted by Gasteiger charge is 2.19. The Morgan fingerprint density at radius 2 is 1.02 bits per heavy atom. The van der Waals surface area contributed by atoms with Gasteiger partial charge in [0.25, 0.3) is 0 Å². The zero-order valence-corrected chi connectivity index (χ0v) is 21.4. The molecule has 0 amide bonds. The summed E-state index contributed by atoms with van der Waals surface area (Å²) in [4.78, 5) is 0. The summed E-state index contributed by atoms with van der Waals surface area (Å²) in [6, 6.07) is 45.5. The molecule has 0 fully saturated rings. The zero-order chi connectivity index (χ0) is 26.6. The van der Waals surface area contributed by atoms with Crippen LogP contribution in [0.3, 0.4) is 0 Å². The maximum atomic E-state index is 9.97. The highest BCUT2D eigenvalue weighted by molar-refractivity contribution is 6.09. The average molecular weight is 512 g/mol. The molecule has 0 saturated heterocycles. The third kappa shape index (κ3) is 3.37. The van der Waals surface area contributed by atoms with Crippen molar-refractivity contribution in [1.82, 2.24) is 0 Å². The molecule has 8 rings (SSSR count). The maximum absolute atomic E-state index is 9.97. The standard InChI is InChI=1S/C37H21NO2/c38-22-25-8-1-2-9-26(25)31-13-7-12-27(23-17-19-35-32(20-23)29-11-4-6-15-34(29)39-35)37(31)24-16-18-30-28-10-3-5-14-33(28)40-36(30)21-24/h1-21H. The van der Waals surface area contributed by atoms with Gasteiger partial charge in [0.05, 0.1) is 11.6 Å². The van der Waals surface area contributed by atoms with Crippen molar-refractivity contribution >= 4 is 43.9 Å². The van der Waals surface area contributed by atoms with Crippen LogP contribution in [-0.2, 0) is 0 Å². The van der Waals surface area contributed by atoms with E-state index in [1.807, 2.05) is 66.7 Å². The number of para-hydroxylation sites is 2. The van der Waals surface area contributed by atoms with Crippen molar-refractivity contribution in [2.45, 2.75) is 0 Å². The second-order valence-electron chi connectivity index (χ2n) is 10.0. The highest BCUT2D eigenvalue weighted by atomic mass is 16.3. The molecule has 3 nitrogen and oxygen atoms in total. The van der Waals surface area contributed by atoms with Gasteiger partial charge in [0.1, 0.15) is 22.3 Å². The predicted molar refractivity (Wildman–Crippen MR) is 162 cm³/mol. The second kappa shape index (κ2) is 8.73. The first-order valence-corrected chi connectivity index (χ1v) is 13.2. The second-order valence-corrected chi connectivity index (χ2v) is 10.0. The molecule has 8 aromatic rings. The lowest BCUT2D eigenvalue weighted by atomic mass is 9.86. The van der Waals surface area contributed by atoms with Crippen LogP contribution in [0.5, 0.6) is 0 Å². The normalized spacial score (nSPS) is 11.5. The van der Waals surface area contributed by atoms with Crippen molar-refractivity contribution in [1.29, 1.82) is 5.26 Å². The number of benzene rings is 6. The largest absolute Gasteiger partial charge is 0.456 e. The number of hydrogen-bond acceptors (Lipinski definition) is 3. The van der Waals surface area contributed by atoms with Gasteiger partial charge in [-0.15, -0.1) is 0 Å². The van der Waals surface area contributed by atoms with Gasteiger partial charge in [0, 0.05) is 27.1 Å². The summed E-state index contributed by atoms with van der Waals surface area (Å²) < 4.78 is 12.4. The minimum absolute atomic E-state index is 0.641. The predicted octanol–water partition coefficient (Wildman–Crippen LogP) is 10.4. The van der Waals surface area contributed by atoms with Gasteiger partial charge in [-0.3, -0.25) is 0 Å². The van der Waals surface area contributed by atoms with Crippen LogP contribution >= 0.6 is 0 Å². The van der Waals surface area contributed by atoms with Gasteiger partial charge in [-0.25, -0.2) is 0 Å². The monoisotopic (exact) mass is 511 g/mol. The SMILES string of the molecule is N#Cc1ccccc1-c1cccc(-c2ccc3oc4ccccc4c3c2)c1-c1ccc2c(c1)oc1ccccc12. The van der Waals surface area contributed by atoms with Crippen molar-refractivity contribution in [3.8, 4) is 39.4 Å². The van der Waals surface area contributed by atoms with Crippen molar-refractivity contribution in [2.75, 3.05) is 0 Å². The van der Waals surface area contributed by atoms with Gasteiger partial charge in [0.15, 0.2) is 0 Å². The Morgan fingerprint density at radius 1 is 0.425 bits per heavy atom. The fourth-order valence-corrected chi connectivity index (χ4v) is 5.92. The first-order valence-electron chi connectivity index (χ1n) is 13.2. The van der Waals surface area contributed by atoms with E-state index < -0.39 is 0 Å². The van der Waals surface area contributed by atoms with Crippen molar-refractivity contribution in [3.05, 3.63) is 133 Å². The molecule has 0 saturated carbocycles. The Labute approximate surface area is 230 Å². The van der Waals surface area contributed by atoms with Crippen LogP contribution in [0, 0.1) is 11.3 Å². The third-order valence-electron chi connectivity index (χ3n) is 7.76. The molecular weight excluding hydrogens is 490 g/mol. The molecule has 0 bridgehead atoms. The maximum Gasteiger partial charge on any atom is 0.136 e. The third-order valence-corrected chi connectivity index (χ3v) is 7.76. The molecule has 0 aliphatic heterocycles. The van der Waals surface area contributed by atoms with E-state index in [4.69, 9.17) is 8.83 Å². The van der Waals surface area contributed by atoms with Crippen molar-refractivity contribution in [3.63, 3.8) is 0 Å². The molecule has 0 unspecified atom stereocenters. The molecule has 186 valence electrons.